The first-order valence-corrected chi connectivity index (χ1v) is 8.29. The van der Waals surface area contributed by atoms with E-state index in [1.54, 1.807) is 6.20 Å². The second-order valence-corrected chi connectivity index (χ2v) is 6.98. The Morgan fingerprint density at radius 3 is 2.86 bits per heavy atom. The smallest absolute Gasteiger partial charge is 0.156 e. The molecule has 0 aliphatic heterocycles. The number of aromatic nitrogens is 1. The van der Waals surface area contributed by atoms with Gasteiger partial charge in [0, 0.05) is 18.7 Å². The maximum atomic E-state index is 12.1. The van der Waals surface area contributed by atoms with Crippen molar-refractivity contribution < 1.29 is 18.4 Å². The monoisotopic (exact) mass is 310 g/mol. The van der Waals surface area contributed by atoms with Crippen molar-refractivity contribution in [2.75, 3.05) is 19.5 Å². The molecule has 2 rings (SSSR count). The van der Waals surface area contributed by atoms with Gasteiger partial charge in [0.25, 0.3) is 0 Å². The van der Waals surface area contributed by atoms with Gasteiger partial charge in [-0.3, -0.25) is 4.98 Å². The molecule has 0 spiro atoms. The zero-order valence-electron chi connectivity index (χ0n) is 11.7. The SMILES string of the molecule is COCC(CS(=O)(=O)Cc1cnc2ccccc2c1)NO. The second kappa shape index (κ2) is 6.95. The molecule has 0 amide bonds. The number of fused-ring (bicyclic) bond motifs is 1. The molecule has 0 saturated heterocycles. The van der Waals surface area contributed by atoms with Gasteiger partial charge in [0.1, 0.15) is 0 Å². The molecule has 0 bridgehead atoms. The van der Waals surface area contributed by atoms with Gasteiger partial charge >= 0.3 is 0 Å². The predicted octanol–water partition coefficient (Wildman–Crippen LogP) is 1.14. The molecule has 0 saturated carbocycles. The van der Waals surface area contributed by atoms with E-state index in [9.17, 15) is 8.42 Å². The Labute approximate surface area is 123 Å². The minimum atomic E-state index is -3.38. The Bertz CT molecular complexity index is 703. The van der Waals surface area contributed by atoms with Crippen LogP contribution in [0.25, 0.3) is 10.9 Å². The lowest BCUT2D eigenvalue weighted by molar-refractivity contribution is 0.0800. The van der Waals surface area contributed by atoms with Crippen molar-refractivity contribution in [2.45, 2.75) is 11.8 Å². The predicted molar refractivity (Wildman–Crippen MR) is 79.8 cm³/mol. The van der Waals surface area contributed by atoms with E-state index in [1.165, 1.54) is 7.11 Å². The molecule has 0 aliphatic rings. The third kappa shape index (κ3) is 4.47. The number of pyridine rings is 1. The van der Waals surface area contributed by atoms with E-state index in [1.807, 2.05) is 35.8 Å². The minimum Gasteiger partial charge on any atom is -0.383 e. The van der Waals surface area contributed by atoms with Gasteiger partial charge in [-0.15, -0.1) is 0 Å². The summed E-state index contributed by atoms with van der Waals surface area (Å²) in [7, 11) is -1.93. The van der Waals surface area contributed by atoms with Gasteiger partial charge in [0.05, 0.1) is 29.7 Å². The Morgan fingerprint density at radius 2 is 2.14 bits per heavy atom. The maximum absolute atomic E-state index is 12.1. The summed E-state index contributed by atoms with van der Waals surface area (Å²) in [4.78, 5) is 4.25. The van der Waals surface area contributed by atoms with Gasteiger partial charge in [-0.2, -0.15) is 5.48 Å². The molecule has 0 aliphatic carbocycles. The van der Waals surface area contributed by atoms with Gasteiger partial charge in [0.2, 0.25) is 0 Å². The normalized spacial score (nSPS) is 13.4. The minimum absolute atomic E-state index is 0.117. The van der Waals surface area contributed by atoms with Crippen LogP contribution in [0.3, 0.4) is 0 Å². The topological polar surface area (TPSA) is 88.5 Å². The van der Waals surface area contributed by atoms with E-state index >= 15 is 0 Å². The number of nitrogens with zero attached hydrogens (tertiary/aromatic N) is 1. The number of methoxy groups -OCH3 is 1. The van der Waals surface area contributed by atoms with E-state index in [4.69, 9.17) is 9.94 Å². The van der Waals surface area contributed by atoms with Crippen molar-refractivity contribution in [2.24, 2.45) is 0 Å². The highest BCUT2D eigenvalue weighted by Gasteiger charge is 2.19. The summed E-state index contributed by atoms with van der Waals surface area (Å²) in [6.45, 7) is 0.117. The van der Waals surface area contributed by atoms with Crippen molar-refractivity contribution in [3.8, 4) is 0 Å². The van der Waals surface area contributed by atoms with Gasteiger partial charge in [-0.25, -0.2) is 8.42 Å². The lowest BCUT2D eigenvalue weighted by Crippen LogP contribution is -2.37. The van der Waals surface area contributed by atoms with E-state index in [0.717, 1.165) is 10.9 Å². The first kappa shape index (κ1) is 15.8. The quantitative estimate of drug-likeness (QED) is 0.746. The number of ether oxygens (including phenoxy) is 1. The molecule has 114 valence electrons. The molecular formula is C14H18N2O4S. The van der Waals surface area contributed by atoms with E-state index < -0.39 is 15.9 Å². The second-order valence-electron chi connectivity index (χ2n) is 4.87. The summed E-state index contributed by atoms with van der Waals surface area (Å²) in [6, 6.07) is 8.70. The summed E-state index contributed by atoms with van der Waals surface area (Å²) in [5.41, 5.74) is 3.41. The molecule has 1 unspecified atom stereocenters. The van der Waals surface area contributed by atoms with Gasteiger partial charge in [0.15, 0.2) is 9.84 Å². The van der Waals surface area contributed by atoms with E-state index in [-0.39, 0.29) is 18.1 Å². The number of rotatable bonds is 7. The van der Waals surface area contributed by atoms with Crippen molar-refractivity contribution in [3.05, 3.63) is 42.1 Å². The van der Waals surface area contributed by atoms with Gasteiger partial charge in [-0.1, -0.05) is 18.2 Å². The zero-order chi connectivity index (χ0) is 15.3. The highest BCUT2D eigenvalue weighted by molar-refractivity contribution is 7.90. The Morgan fingerprint density at radius 1 is 1.38 bits per heavy atom. The molecule has 1 aromatic heterocycles. The Hall–Kier alpha value is -1.54. The van der Waals surface area contributed by atoms with Crippen molar-refractivity contribution in [1.29, 1.82) is 0 Å². The number of para-hydroxylation sites is 1. The van der Waals surface area contributed by atoms with Gasteiger partial charge in [-0.05, 0) is 17.7 Å². The number of nitrogens with one attached hydrogen (secondary N) is 1. The molecule has 0 fully saturated rings. The van der Waals surface area contributed by atoms with Crippen LogP contribution in [0.5, 0.6) is 0 Å². The lowest BCUT2D eigenvalue weighted by Gasteiger charge is -2.14. The summed E-state index contributed by atoms with van der Waals surface area (Å²) in [5, 5.41) is 9.82. The summed E-state index contributed by atoms with van der Waals surface area (Å²) in [5.74, 6) is -0.323. The van der Waals surface area contributed by atoms with Crippen LogP contribution in [0.15, 0.2) is 36.5 Å². The van der Waals surface area contributed by atoms with Crippen LogP contribution in [0, 0.1) is 0 Å². The molecule has 0 radical (unpaired) electrons. The number of sulfone groups is 1. The highest BCUT2D eigenvalue weighted by atomic mass is 32.2. The molecular weight excluding hydrogens is 292 g/mol. The summed E-state index contributed by atoms with van der Waals surface area (Å²) >= 11 is 0. The van der Waals surface area contributed by atoms with Crippen LogP contribution in [0.2, 0.25) is 0 Å². The molecule has 2 aromatic rings. The maximum Gasteiger partial charge on any atom is 0.156 e. The molecule has 2 N–H and O–H groups in total. The fourth-order valence-electron chi connectivity index (χ4n) is 2.14. The average molecular weight is 310 g/mol. The van der Waals surface area contributed by atoms with E-state index in [0.29, 0.717) is 5.56 Å². The first-order chi connectivity index (χ1) is 10.0. The van der Waals surface area contributed by atoms with Crippen LogP contribution >= 0.6 is 0 Å². The number of hydrogen-bond acceptors (Lipinski definition) is 6. The van der Waals surface area contributed by atoms with Crippen LogP contribution in [0.4, 0.5) is 0 Å². The van der Waals surface area contributed by atoms with E-state index in [2.05, 4.69) is 4.98 Å². The number of hydrogen-bond donors (Lipinski definition) is 2. The fourth-order valence-corrected chi connectivity index (χ4v) is 3.71. The third-order valence-electron chi connectivity index (χ3n) is 3.04. The lowest BCUT2D eigenvalue weighted by atomic mass is 10.2. The van der Waals surface area contributed by atoms with Crippen LogP contribution < -0.4 is 5.48 Å². The third-order valence-corrected chi connectivity index (χ3v) is 4.72. The van der Waals surface area contributed by atoms with Crippen molar-refractivity contribution >= 4 is 20.7 Å². The Balaban J connectivity index is 2.14. The summed E-state index contributed by atoms with van der Waals surface area (Å²) < 4.78 is 29.1. The molecule has 1 heterocycles. The molecule has 7 heteroatoms. The van der Waals surface area contributed by atoms with Crippen LogP contribution in [0.1, 0.15) is 5.56 Å². The fraction of sp³-hybridized carbons (Fsp3) is 0.357. The highest BCUT2D eigenvalue weighted by Crippen LogP contribution is 2.15. The molecule has 1 aromatic carbocycles. The average Bonchev–Trinajstić information content (AvgIpc) is 2.46. The molecule has 21 heavy (non-hydrogen) atoms. The van der Waals surface area contributed by atoms with Gasteiger partial charge < -0.3 is 9.94 Å². The molecule has 6 nitrogen and oxygen atoms in total. The molecule has 1 atom stereocenters. The number of benzene rings is 1. The summed E-state index contributed by atoms with van der Waals surface area (Å²) in [6.07, 6.45) is 1.57. The van der Waals surface area contributed by atoms with Crippen LogP contribution in [-0.2, 0) is 20.3 Å². The Kier molecular flexibility index (Phi) is 5.24. The zero-order valence-corrected chi connectivity index (χ0v) is 12.5. The van der Waals surface area contributed by atoms with Crippen LogP contribution in [-0.4, -0.2) is 44.1 Å². The number of hydroxylamine groups is 1. The largest absolute Gasteiger partial charge is 0.383 e. The standard InChI is InChI=1S/C14H18N2O4S/c1-20-8-13(16-17)10-21(18,19)9-11-6-12-4-2-3-5-14(12)15-7-11/h2-7,13,16-17H,8-10H2,1H3. The first-order valence-electron chi connectivity index (χ1n) is 6.47. The van der Waals surface area contributed by atoms with Crippen molar-refractivity contribution in [1.82, 2.24) is 10.5 Å². The van der Waals surface area contributed by atoms with Crippen molar-refractivity contribution in [3.63, 3.8) is 0 Å².